The summed E-state index contributed by atoms with van der Waals surface area (Å²) in [6, 6.07) is 7.21. The molecular weight excluding hydrogens is 388 g/mol. The van der Waals surface area contributed by atoms with E-state index in [1.807, 2.05) is 12.1 Å². The second-order valence-electron chi connectivity index (χ2n) is 7.29. The molecule has 2 aromatic carbocycles. The number of rotatable bonds is 6. The Morgan fingerprint density at radius 3 is 2.37 bits per heavy atom. The Balaban J connectivity index is 1.46. The number of Topliss-reactive ketones (excluding diaryl/α,β-unsaturated/α-hetero) is 1. The van der Waals surface area contributed by atoms with Crippen molar-refractivity contribution in [1.29, 1.82) is 0 Å². The van der Waals surface area contributed by atoms with Crippen molar-refractivity contribution in [2.45, 2.75) is 19.9 Å². The molecule has 2 aliphatic heterocycles. The predicted octanol–water partition coefficient (Wildman–Crippen LogP) is 2.63. The Kier molecular flexibility index (Phi) is 5.50. The van der Waals surface area contributed by atoms with Gasteiger partial charge in [-0.3, -0.25) is 14.5 Å². The second kappa shape index (κ2) is 8.23. The molecule has 2 heterocycles. The van der Waals surface area contributed by atoms with Gasteiger partial charge in [0.15, 0.2) is 28.8 Å². The summed E-state index contributed by atoms with van der Waals surface area (Å²) >= 11 is 0. The van der Waals surface area contributed by atoms with Crippen LogP contribution in [0.3, 0.4) is 0 Å². The van der Waals surface area contributed by atoms with Gasteiger partial charge in [-0.25, -0.2) is 0 Å². The number of ketones is 1. The minimum absolute atomic E-state index is 0.103. The zero-order valence-corrected chi connectivity index (χ0v) is 17.2. The van der Waals surface area contributed by atoms with Gasteiger partial charge >= 0.3 is 0 Å². The third-order valence-corrected chi connectivity index (χ3v) is 5.33. The van der Waals surface area contributed by atoms with Gasteiger partial charge in [-0.2, -0.15) is 0 Å². The van der Waals surface area contributed by atoms with Crippen LogP contribution in [-0.2, 0) is 17.8 Å². The van der Waals surface area contributed by atoms with Gasteiger partial charge in [0.25, 0.3) is 0 Å². The fraction of sp³-hybridized carbons (Fsp3) is 0.364. The standard InChI is InChI=1S/C22H24N2O6/c1-13(25)16-8-20-21(30-12-29-20)9-17(16)23-22(26)11-24-5-4-14-6-18(27-2)19(28-3)7-15(14)10-24/h6-9H,4-5,10-12H2,1-3H3,(H,23,26). The van der Waals surface area contributed by atoms with E-state index in [1.165, 1.54) is 12.5 Å². The first-order valence-electron chi connectivity index (χ1n) is 9.69. The Morgan fingerprint density at radius 2 is 1.70 bits per heavy atom. The van der Waals surface area contributed by atoms with Gasteiger partial charge in [0.2, 0.25) is 12.7 Å². The molecule has 0 saturated carbocycles. The van der Waals surface area contributed by atoms with Crippen LogP contribution < -0.4 is 24.3 Å². The zero-order valence-electron chi connectivity index (χ0n) is 17.2. The molecule has 158 valence electrons. The molecule has 0 atom stereocenters. The first-order chi connectivity index (χ1) is 14.5. The first-order valence-corrected chi connectivity index (χ1v) is 9.69. The SMILES string of the molecule is COc1cc2c(cc1OC)CN(CC(=O)Nc1cc3c(cc1C(C)=O)OCO3)CC2. The summed E-state index contributed by atoms with van der Waals surface area (Å²) in [5.41, 5.74) is 3.13. The molecule has 0 fully saturated rings. The van der Waals surface area contributed by atoms with Crippen molar-refractivity contribution < 1.29 is 28.5 Å². The minimum Gasteiger partial charge on any atom is -0.493 e. The Hall–Kier alpha value is -3.26. The number of anilines is 1. The number of nitrogens with zero attached hydrogens (tertiary/aromatic N) is 1. The van der Waals surface area contributed by atoms with Crippen LogP contribution in [0.4, 0.5) is 5.69 Å². The lowest BCUT2D eigenvalue weighted by molar-refractivity contribution is -0.117. The lowest BCUT2D eigenvalue weighted by Gasteiger charge is -2.29. The number of nitrogens with one attached hydrogen (secondary N) is 1. The number of hydrogen-bond donors (Lipinski definition) is 1. The fourth-order valence-corrected chi connectivity index (χ4v) is 3.81. The molecule has 0 spiro atoms. The topological polar surface area (TPSA) is 86.3 Å². The summed E-state index contributed by atoms with van der Waals surface area (Å²) in [6.07, 6.45) is 0.811. The van der Waals surface area contributed by atoms with Crippen LogP contribution in [0.1, 0.15) is 28.4 Å². The summed E-state index contributed by atoms with van der Waals surface area (Å²) < 4.78 is 21.5. The first kappa shape index (κ1) is 20.0. The van der Waals surface area contributed by atoms with Gasteiger partial charge in [0.1, 0.15) is 0 Å². The molecular formula is C22H24N2O6. The maximum atomic E-state index is 12.7. The van der Waals surface area contributed by atoms with Crippen molar-refractivity contribution in [2.24, 2.45) is 0 Å². The van der Waals surface area contributed by atoms with Crippen LogP contribution in [0.15, 0.2) is 24.3 Å². The molecule has 1 N–H and O–H groups in total. The molecule has 0 radical (unpaired) electrons. The number of hydrogen-bond acceptors (Lipinski definition) is 7. The van der Waals surface area contributed by atoms with Gasteiger partial charge in [-0.15, -0.1) is 0 Å². The summed E-state index contributed by atoms with van der Waals surface area (Å²) in [5, 5.41) is 2.85. The smallest absolute Gasteiger partial charge is 0.238 e. The Labute approximate surface area is 174 Å². The summed E-state index contributed by atoms with van der Waals surface area (Å²) in [7, 11) is 3.23. The van der Waals surface area contributed by atoms with Gasteiger partial charge in [0, 0.05) is 24.7 Å². The number of fused-ring (bicyclic) bond motifs is 2. The van der Waals surface area contributed by atoms with Crippen LogP contribution in [0, 0.1) is 0 Å². The van der Waals surface area contributed by atoms with Crippen LogP contribution in [0.2, 0.25) is 0 Å². The highest BCUT2D eigenvalue weighted by Crippen LogP contribution is 2.37. The van der Waals surface area contributed by atoms with E-state index in [0.717, 1.165) is 18.5 Å². The van der Waals surface area contributed by atoms with Crippen molar-refractivity contribution in [3.63, 3.8) is 0 Å². The number of methoxy groups -OCH3 is 2. The van der Waals surface area contributed by atoms with Crippen molar-refractivity contribution in [1.82, 2.24) is 4.90 Å². The van der Waals surface area contributed by atoms with Crippen LogP contribution >= 0.6 is 0 Å². The number of amides is 1. The Bertz CT molecular complexity index is 1000. The third-order valence-electron chi connectivity index (χ3n) is 5.33. The maximum Gasteiger partial charge on any atom is 0.238 e. The number of benzene rings is 2. The van der Waals surface area contributed by atoms with Gasteiger partial charge in [-0.05, 0) is 42.7 Å². The average Bonchev–Trinajstić information content (AvgIpc) is 3.19. The van der Waals surface area contributed by atoms with Crippen molar-refractivity contribution in [3.8, 4) is 23.0 Å². The maximum absolute atomic E-state index is 12.7. The highest BCUT2D eigenvalue weighted by Gasteiger charge is 2.23. The molecule has 8 heteroatoms. The number of carbonyl (C=O) groups excluding carboxylic acids is 2. The van der Waals surface area contributed by atoms with Gasteiger partial charge < -0.3 is 24.3 Å². The molecule has 0 aliphatic carbocycles. The lowest BCUT2D eigenvalue weighted by atomic mass is 9.99. The summed E-state index contributed by atoms with van der Waals surface area (Å²) in [6.45, 7) is 3.14. The summed E-state index contributed by atoms with van der Waals surface area (Å²) in [5.74, 6) is 2.06. The van der Waals surface area contributed by atoms with Crippen molar-refractivity contribution in [2.75, 3.05) is 39.4 Å². The number of carbonyl (C=O) groups is 2. The van der Waals surface area contributed by atoms with E-state index >= 15 is 0 Å². The Morgan fingerprint density at radius 1 is 1.03 bits per heavy atom. The monoisotopic (exact) mass is 412 g/mol. The zero-order chi connectivity index (χ0) is 21.3. The minimum atomic E-state index is -0.194. The van der Waals surface area contributed by atoms with Gasteiger partial charge in [0.05, 0.1) is 26.5 Å². The second-order valence-corrected chi connectivity index (χ2v) is 7.29. The van der Waals surface area contributed by atoms with E-state index in [1.54, 1.807) is 26.4 Å². The molecule has 8 nitrogen and oxygen atoms in total. The van der Waals surface area contributed by atoms with E-state index in [-0.39, 0.29) is 25.0 Å². The fourth-order valence-electron chi connectivity index (χ4n) is 3.81. The largest absolute Gasteiger partial charge is 0.493 e. The van der Waals surface area contributed by atoms with Crippen molar-refractivity contribution in [3.05, 3.63) is 41.0 Å². The number of ether oxygens (including phenoxy) is 4. The average molecular weight is 412 g/mol. The highest BCUT2D eigenvalue weighted by atomic mass is 16.7. The molecule has 0 unspecified atom stereocenters. The normalized spacial score (nSPS) is 14.8. The van der Waals surface area contributed by atoms with E-state index in [4.69, 9.17) is 18.9 Å². The third kappa shape index (κ3) is 3.91. The molecule has 1 amide bonds. The quantitative estimate of drug-likeness (QED) is 0.730. The molecule has 0 bridgehead atoms. The van der Waals surface area contributed by atoms with Gasteiger partial charge in [-0.1, -0.05) is 0 Å². The lowest BCUT2D eigenvalue weighted by Crippen LogP contribution is -2.37. The van der Waals surface area contributed by atoms with Crippen LogP contribution in [0.5, 0.6) is 23.0 Å². The predicted molar refractivity (Wildman–Crippen MR) is 110 cm³/mol. The molecule has 4 rings (SSSR count). The van der Waals surface area contributed by atoms with Crippen molar-refractivity contribution >= 4 is 17.4 Å². The molecule has 2 aromatic rings. The molecule has 0 saturated heterocycles. The molecule has 30 heavy (non-hydrogen) atoms. The van der Waals surface area contributed by atoms with E-state index in [0.29, 0.717) is 40.8 Å². The molecule has 2 aliphatic rings. The van der Waals surface area contributed by atoms with E-state index < -0.39 is 0 Å². The van der Waals surface area contributed by atoms with E-state index in [9.17, 15) is 9.59 Å². The highest BCUT2D eigenvalue weighted by molar-refractivity contribution is 6.05. The van der Waals surface area contributed by atoms with Crippen LogP contribution in [-0.4, -0.2) is 50.7 Å². The summed E-state index contributed by atoms with van der Waals surface area (Å²) in [4.78, 5) is 26.8. The van der Waals surface area contributed by atoms with Crippen LogP contribution in [0.25, 0.3) is 0 Å². The van der Waals surface area contributed by atoms with E-state index in [2.05, 4.69) is 10.2 Å². The molecule has 0 aromatic heterocycles.